The molecule has 2 aliphatic heterocycles. The zero-order chi connectivity index (χ0) is 21.0. The van der Waals surface area contributed by atoms with Crippen LogP contribution in [0.3, 0.4) is 0 Å². The average Bonchev–Trinajstić information content (AvgIpc) is 3.34. The van der Waals surface area contributed by atoms with Crippen LogP contribution in [0.4, 0.5) is 10.5 Å². The van der Waals surface area contributed by atoms with Crippen LogP contribution in [0.5, 0.6) is 11.5 Å². The quantitative estimate of drug-likeness (QED) is 0.792. The van der Waals surface area contributed by atoms with E-state index in [2.05, 4.69) is 5.32 Å². The molecule has 2 aromatic rings. The van der Waals surface area contributed by atoms with Gasteiger partial charge in [0, 0.05) is 39.0 Å². The first-order chi connectivity index (χ1) is 14.6. The summed E-state index contributed by atoms with van der Waals surface area (Å²) < 4.78 is 10.9. The van der Waals surface area contributed by atoms with Gasteiger partial charge in [0.2, 0.25) is 5.91 Å². The number of rotatable bonds is 6. The van der Waals surface area contributed by atoms with Gasteiger partial charge in [-0.25, -0.2) is 4.79 Å². The van der Waals surface area contributed by atoms with Gasteiger partial charge in [0.25, 0.3) is 0 Å². The van der Waals surface area contributed by atoms with Crippen LogP contribution >= 0.6 is 0 Å². The number of benzene rings is 2. The van der Waals surface area contributed by atoms with E-state index in [1.54, 1.807) is 12.0 Å². The second kappa shape index (κ2) is 8.75. The maximum Gasteiger partial charge on any atom is 0.321 e. The van der Waals surface area contributed by atoms with Crippen LogP contribution in [0, 0.1) is 5.41 Å². The first kappa shape index (κ1) is 20.2. The van der Waals surface area contributed by atoms with Crippen molar-refractivity contribution in [2.24, 2.45) is 5.41 Å². The maximum absolute atomic E-state index is 12.8. The largest absolute Gasteiger partial charge is 0.457 e. The Morgan fingerprint density at radius 3 is 2.47 bits per heavy atom. The minimum atomic E-state index is -0.432. The summed E-state index contributed by atoms with van der Waals surface area (Å²) in [7, 11) is 1.64. The van der Waals surface area contributed by atoms with Crippen molar-refractivity contribution in [3.05, 3.63) is 54.6 Å². The van der Waals surface area contributed by atoms with Gasteiger partial charge in [-0.1, -0.05) is 18.2 Å². The van der Waals surface area contributed by atoms with Gasteiger partial charge in [-0.05, 0) is 49.2 Å². The van der Waals surface area contributed by atoms with Crippen LogP contribution in [-0.2, 0) is 9.53 Å². The molecule has 7 nitrogen and oxygen atoms in total. The molecule has 4 rings (SSSR count). The third kappa shape index (κ3) is 4.26. The predicted molar refractivity (Wildman–Crippen MR) is 114 cm³/mol. The third-order valence-electron chi connectivity index (χ3n) is 5.89. The monoisotopic (exact) mass is 409 g/mol. The number of likely N-dealkylation sites (tertiary alicyclic amines) is 2. The number of urea groups is 1. The lowest BCUT2D eigenvalue weighted by molar-refractivity contribution is -0.135. The number of nitrogens with zero attached hydrogens (tertiary/aromatic N) is 2. The third-order valence-corrected chi connectivity index (χ3v) is 5.89. The fourth-order valence-electron chi connectivity index (χ4n) is 4.17. The number of hydrogen-bond acceptors (Lipinski definition) is 4. The molecule has 1 N–H and O–H groups in total. The molecule has 0 radical (unpaired) electrons. The van der Waals surface area contributed by atoms with Gasteiger partial charge >= 0.3 is 6.03 Å². The Labute approximate surface area is 176 Å². The molecule has 1 atom stereocenters. The molecule has 2 heterocycles. The number of hydrogen-bond donors (Lipinski definition) is 1. The minimum Gasteiger partial charge on any atom is -0.457 e. The summed E-state index contributed by atoms with van der Waals surface area (Å²) in [6.45, 7) is 2.94. The van der Waals surface area contributed by atoms with Crippen LogP contribution in [0.15, 0.2) is 54.6 Å². The molecule has 7 heteroatoms. The Morgan fingerprint density at radius 1 is 1.03 bits per heavy atom. The van der Waals surface area contributed by atoms with E-state index in [4.69, 9.17) is 9.47 Å². The van der Waals surface area contributed by atoms with E-state index >= 15 is 0 Å². The van der Waals surface area contributed by atoms with Crippen LogP contribution < -0.4 is 10.1 Å². The number of ether oxygens (including phenoxy) is 2. The van der Waals surface area contributed by atoms with Crippen LogP contribution in [0.25, 0.3) is 0 Å². The van der Waals surface area contributed by atoms with Crippen molar-refractivity contribution in [1.82, 2.24) is 9.80 Å². The van der Waals surface area contributed by atoms with Crippen molar-refractivity contribution in [3.8, 4) is 11.5 Å². The molecular weight excluding hydrogens is 382 g/mol. The van der Waals surface area contributed by atoms with Gasteiger partial charge in [0.1, 0.15) is 11.5 Å². The lowest BCUT2D eigenvalue weighted by Crippen LogP contribution is -2.40. The number of anilines is 1. The van der Waals surface area contributed by atoms with Gasteiger partial charge in [0.15, 0.2) is 0 Å². The van der Waals surface area contributed by atoms with E-state index in [0.717, 1.165) is 18.7 Å². The highest BCUT2D eigenvalue weighted by atomic mass is 16.5. The first-order valence-electron chi connectivity index (χ1n) is 10.3. The Kier molecular flexibility index (Phi) is 5.90. The van der Waals surface area contributed by atoms with E-state index in [0.29, 0.717) is 44.1 Å². The highest BCUT2D eigenvalue weighted by Crippen LogP contribution is 2.40. The van der Waals surface area contributed by atoms with E-state index in [1.807, 2.05) is 59.5 Å². The highest BCUT2D eigenvalue weighted by molar-refractivity contribution is 5.91. The van der Waals surface area contributed by atoms with Crippen molar-refractivity contribution in [2.75, 3.05) is 45.2 Å². The summed E-state index contributed by atoms with van der Waals surface area (Å²) in [5.74, 6) is 1.61. The molecular formula is C23H27N3O4. The van der Waals surface area contributed by atoms with Gasteiger partial charge in [-0.3, -0.25) is 4.79 Å². The smallest absolute Gasteiger partial charge is 0.321 e. The SMILES string of the molecule is COCCN1CCC2(CCN(C(=O)Nc3ccc(Oc4ccccc4)cc3)C2)C1=O. The van der Waals surface area contributed by atoms with Crippen molar-refractivity contribution in [2.45, 2.75) is 12.8 Å². The maximum atomic E-state index is 12.8. The van der Waals surface area contributed by atoms with Crippen molar-refractivity contribution in [3.63, 3.8) is 0 Å². The normalized spacial score (nSPS) is 20.8. The highest BCUT2D eigenvalue weighted by Gasteiger charge is 2.51. The van der Waals surface area contributed by atoms with Gasteiger partial charge in [0.05, 0.1) is 12.0 Å². The lowest BCUT2D eigenvalue weighted by atomic mass is 9.85. The Hall–Kier alpha value is -3.06. The first-order valence-corrected chi connectivity index (χ1v) is 10.3. The van der Waals surface area contributed by atoms with Gasteiger partial charge in [-0.15, -0.1) is 0 Å². The molecule has 2 fully saturated rings. The van der Waals surface area contributed by atoms with Crippen LogP contribution in [-0.4, -0.2) is 61.6 Å². The molecule has 2 aromatic carbocycles. The Balaban J connectivity index is 1.32. The molecule has 158 valence electrons. The predicted octanol–water partition coefficient (Wildman–Crippen LogP) is 3.58. The number of para-hydroxylation sites is 1. The molecule has 2 saturated heterocycles. The summed E-state index contributed by atoms with van der Waals surface area (Å²) in [5, 5.41) is 2.93. The zero-order valence-electron chi connectivity index (χ0n) is 17.2. The molecule has 0 aromatic heterocycles. The van der Waals surface area contributed by atoms with E-state index < -0.39 is 5.41 Å². The lowest BCUT2D eigenvalue weighted by Gasteiger charge is -2.23. The zero-order valence-corrected chi connectivity index (χ0v) is 17.2. The second-order valence-corrected chi connectivity index (χ2v) is 7.86. The van der Waals surface area contributed by atoms with E-state index in [-0.39, 0.29) is 11.9 Å². The Bertz CT molecular complexity index is 887. The summed E-state index contributed by atoms with van der Waals surface area (Å²) in [4.78, 5) is 29.2. The van der Waals surface area contributed by atoms with Gasteiger partial charge < -0.3 is 24.6 Å². The van der Waals surface area contributed by atoms with E-state index in [9.17, 15) is 9.59 Å². The summed E-state index contributed by atoms with van der Waals surface area (Å²) in [5.41, 5.74) is 0.263. The molecule has 0 aliphatic carbocycles. The standard InChI is InChI=1S/C23H27N3O4/c1-29-16-15-25-13-11-23(21(25)27)12-14-26(17-23)22(28)24-18-7-9-20(10-8-18)30-19-5-3-2-4-6-19/h2-10H,11-17H2,1H3,(H,24,28). The molecule has 0 bridgehead atoms. The number of nitrogens with one attached hydrogen (secondary N) is 1. The van der Waals surface area contributed by atoms with Crippen molar-refractivity contribution < 1.29 is 19.1 Å². The average molecular weight is 409 g/mol. The second-order valence-electron chi connectivity index (χ2n) is 7.86. The van der Waals surface area contributed by atoms with Crippen molar-refractivity contribution in [1.29, 1.82) is 0 Å². The molecule has 1 spiro atoms. The number of methoxy groups -OCH3 is 1. The molecule has 0 saturated carbocycles. The number of carbonyl (C=O) groups excluding carboxylic acids is 2. The fourth-order valence-corrected chi connectivity index (χ4v) is 4.17. The molecule has 30 heavy (non-hydrogen) atoms. The van der Waals surface area contributed by atoms with Crippen LogP contribution in [0.1, 0.15) is 12.8 Å². The Morgan fingerprint density at radius 2 is 1.73 bits per heavy atom. The minimum absolute atomic E-state index is 0.150. The van der Waals surface area contributed by atoms with Gasteiger partial charge in [-0.2, -0.15) is 0 Å². The topological polar surface area (TPSA) is 71.1 Å². The number of carbonyl (C=O) groups is 2. The van der Waals surface area contributed by atoms with Crippen LogP contribution in [0.2, 0.25) is 0 Å². The van der Waals surface area contributed by atoms with E-state index in [1.165, 1.54) is 0 Å². The molecule has 2 aliphatic rings. The summed E-state index contributed by atoms with van der Waals surface area (Å²) in [6, 6.07) is 16.6. The summed E-state index contributed by atoms with van der Waals surface area (Å²) in [6.07, 6.45) is 1.51. The molecule has 3 amide bonds. The molecule has 1 unspecified atom stereocenters. The van der Waals surface area contributed by atoms with Crippen molar-refractivity contribution >= 4 is 17.6 Å². The fraction of sp³-hybridized carbons (Fsp3) is 0.391. The number of amides is 3. The summed E-state index contributed by atoms with van der Waals surface area (Å²) >= 11 is 0.